The van der Waals surface area contributed by atoms with E-state index in [9.17, 15) is 27.0 Å². The molecule has 212 valence electrons. The van der Waals surface area contributed by atoms with Crippen molar-refractivity contribution in [2.75, 3.05) is 13.2 Å². The van der Waals surface area contributed by atoms with Crippen LogP contribution in [0, 0.1) is 0 Å². The zero-order valence-corrected chi connectivity index (χ0v) is 22.2. The molecular formula is C18H17N3O14S4. The number of nitrogens with one attached hydrogen (secondary N) is 1. The summed E-state index contributed by atoms with van der Waals surface area (Å²) in [5, 5.41) is 53.6. The summed E-state index contributed by atoms with van der Waals surface area (Å²) in [6.07, 6.45) is 0. The maximum absolute atomic E-state index is 12.4. The van der Waals surface area contributed by atoms with E-state index >= 15 is 0 Å². The molecular weight excluding hydrogens is 610 g/mol. The third kappa shape index (κ3) is 8.67. The first kappa shape index (κ1) is 30.9. The smallest absolute Gasteiger partial charge is 0.397 e. The zero-order valence-electron chi connectivity index (χ0n) is 18.9. The molecule has 0 bridgehead atoms. The van der Waals surface area contributed by atoms with Crippen LogP contribution >= 0.6 is 24.1 Å². The van der Waals surface area contributed by atoms with Crippen molar-refractivity contribution < 1.29 is 65.0 Å². The SMILES string of the molecule is O=S(=O)(O)OCCNS(=O)(=O)c1ccc(N=Nc2c(O)c(SOOO)cc3cc(SOOO)ccc23)c(O)c1. The third-order valence-electron chi connectivity index (χ3n) is 4.48. The first-order valence-electron chi connectivity index (χ1n) is 9.90. The number of azo groups is 1. The summed E-state index contributed by atoms with van der Waals surface area (Å²) in [6, 6.07) is 9.11. The maximum Gasteiger partial charge on any atom is 0.397 e. The lowest BCUT2D eigenvalue weighted by Gasteiger charge is -2.10. The van der Waals surface area contributed by atoms with Gasteiger partial charge in [-0.3, -0.25) is 4.55 Å². The highest BCUT2D eigenvalue weighted by molar-refractivity contribution is 7.95. The van der Waals surface area contributed by atoms with E-state index in [0.29, 0.717) is 39.8 Å². The van der Waals surface area contributed by atoms with E-state index < -0.39 is 50.0 Å². The molecule has 0 unspecified atom stereocenters. The molecule has 0 heterocycles. The van der Waals surface area contributed by atoms with Gasteiger partial charge in [0, 0.05) is 22.9 Å². The van der Waals surface area contributed by atoms with E-state index in [0.717, 1.165) is 18.2 Å². The Bertz CT molecular complexity index is 1570. The Hall–Kier alpha value is -2.64. The van der Waals surface area contributed by atoms with Crippen LogP contribution in [0.15, 0.2) is 67.4 Å². The van der Waals surface area contributed by atoms with Gasteiger partial charge in [-0.2, -0.15) is 8.42 Å². The summed E-state index contributed by atoms with van der Waals surface area (Å²) in [6.45, 7) is -1.18. The third-order valence-corrected chi connectivity index (χ3v) is 7.60. The van der Waals surface area contributed by atoms with Gasteiger partial charge in [-0.05, 0) is 35.7 Å². The first-order chi connectivity index (χ1) is 18.4. The van der Waals surface area contributed by atoms with Crippen molar-refractivity contribution in [3.8, 4) is 11.5 Å². The van der Waals surface area contributed by atoms with Crippen LogP contribution in [-0.4, -0.2) is 55.3 Å². The largest absolute Gasteiger partial charge is 0.506 e. The predicted molar refractivity (Wildman–Crippen MR) is 132 cm³/mol. The fourth-order valence-corrected chi connectivity index (χ4v) is 5.11. The highest BCUT2D eigenvalue weighted by Gasteiger charge is 2.18. The lowest BCUT2D eigenvalue weighted by atomic mass is 10.1. The fourth-order valence-electron chi connectivity index (χ4n) is 2.92. The highest BCUT2D eigenvalue weighted by atomic mass is 32.3. The molecule has 0 fully saturated rings. The number of aromatic hydroxyl groups is 2. The van der Waals surface area contributed by atoms with Crippen molar-refractivity contribution in [2.45, 2.75) is 14.7 Å². The van der Waals surface area contributed by atoms with Crippen molar-refractivity contribution in [1.29, 1.82) is 0 Å². The molecule has 0 aliphatic heterocycles. The summed E-state index contributed by atoms with van der Waals surface area (Å²) in [4.78, 5) is 0.0902. The molecule has 0 aliphatic carbocycles. The second-order valence-electron chi connectivity index (χ2n) is 6.90. The Labute approximate surface area is 228 Å². The molecule has 3 rings (SSSR count). The quantitative estimate of drug-likeness (QED) is 0.0372. The van der Waals surface area contributed by atoms with Gasteiger partial charge in [0.25, 0.3) is 0 Å². The molecule has 0 radical (unpaired) electrons. The molecule has 0 amide bonds. The maximum atomic E-state index is 12.4. The molecule has 0 saturated heterocycles. The van der Waals surface area contributed by atoms with Crippen LogP contribution in [0.1, 0.15) is 0 Å². The molecule has 0 aromatic heterocycles. The average Bonchev–Trinajstić information content (AvgIpc) is 2.88. The normalized spacial score (nSPS) is 12.5. The molecule has 6 N–H and O–H groups in total. The van der Waals surface area contributed by atoms with Crippen LogP contribution < -0.4 is 4.72 Å². The number of benzene rings is 3. The number of sulfonamides is 1. The van der Waals surface area contributed by atoms with Gasteiger partial charge in [0.2, 0.25) is 10.0 Å². The second kappa shape index (κ2) is 13.6. The van der Waals surface area contributed by atoms with E-state index in [1.807, 2.05) is 4.72 Å². The standard InChI is InChI=1S/C18H17N3O14S4/c22-15-9-12(38(26,27)19-5-6-31-39(28,29)30)2-4-14(15)20-21-17-13-3-1-11(36-34-32-24)7-10(13)8-16(18(17)23)37-35-33-25/h1-4,7-9,19,22-25H,5-6H2,(H,28,29,30). The number of fused-ring (bicyclic) bond motifs is 1. The summed E-state index contributed by atoms with van der Waals surface area (Å²) in [5.74, 6) is -1.05. The Balaban J connectivity index is 1.90. The van der Waals surface area contributed by atoms with Gasteiger partial charge in [0.1, 0.15) is 17.1 Å². The van der Waals surface area contributed by atoms with Crippen LogP contribution in [0.2, 0.25) is 0 Å². The topological polar surface area (TPSA) is 252 Å². The van der Waals surface area contributed by atoms with Crippen molar-refractivity contribution >= 4 is 66.7 Å². The Kier molecular flexibility index (Phi) is 10.8. The Morgan fingerprint density at radius 2 is 1.62 bits per heavy atom. The van der Waals surface area contributed by atoms with Gasteiger partial charge >= 0.3 is 10.4 Å². The second-order valence-corrected chi connectivity index (χ2v) is 11.3. The summed E-state index contributed by atoms with van der Waals surface area (Å²) in [7, 11) is -8.95. The summed E-state index contributed by atoms with van der Waals surface area (Å²) < 4.78 is 69.1. The number of phenols is 2. The van der Waals surface area contributed by atoms with Crippen LogP contribution in [0.4, 0.5) is 11.4 Å². The Morgan fingerprint density at radius 3 is 2.28 bits per heavy atom. The number of rotatable bonds is 14. The molecule has 0 saturated carbocycles. The van der Waals surface area contributed by atoms with Crippen LogP contribution in [0.5, 0.6) is 11.5 Å². The van der Waals surface area contributed by atoms with Crippen molar-refractivity contribution in [2.24, 2.45) is 10.2 Å². The lowest BCUT2D eigenvalue weighted by molar-refractivity contribution is -0.432. The van der Waals surface area contributed by atoms with E-state index in [1.54, 1.807) is 6.07 Å². The molecule has 0 spiro atoms. The van der Waals surface area contributed by atoms with Crippen LogP contribution in [0.3, 0.4) is 0 Å². The zero-order chi connectivity index (χ0) is 28.6. The van der Waals surface area contributed by atoms with Gasteiger partial charge < -0.3 is 10.2 Å². The first-order valence-corrected chi connectivity index (χ1v) is 14.2. The van der Waals surface area contributed by atoms with Crippen LogP contribution in [0.25, 0.3) is 10.8 Å². The minimum atomic E-state index is -4.74. The Morgan fingerprint density at radius 1 is 0.897 bits per heavy atom. The predicted octanol–water partition coefficient (Wildman–Crippen LogP) is 3.62. The monoisotopic (exact) mass is 627 g/mol. The molecule has 21 heteroatoms. The van der Waals surface area contributed by atoms with Crippen molar-refractivity contribution in [3.63, 3.8) is 0 Å². The van der Waals surface area contributed by atoms with Gasteiger partial charge in [-0.1, -0.05) is 16.1 Å². The van der Waals surface area contributed by atoms with Crippen LogP contribution in [-0.2, 0) is 43.3 Å². The molecule has 17 nitrogen and oxygen atoms in total. The lowest BCUT2D eigenvalue weighted by Crippen LogP contribution is -2.28. The minimum Gasteiger partial charge on any atom is -0.506 e. The number of hydrogen-bond donors (Lipinski definition) is 6. The van der Waals surface area contributed by atoms with Gasteiger partial charge in [-0.25, -0.2) is 27.8 Å². The summed E-state index contributed by atoms with van der Waals surface area (Å²) >= 11 is 1.10. The molecule has 0 atom stereocenters. The van der Waals surface area contributed by atoms with Gasteiger partial charge in [0.15, 0.2) is 5.75 Å². The van der Waals surface area contributed by atoms with Crippen molar-refractivity contribution in [1.82, 2.24) is 4.72 Å². The summed E-state index contributed by atoms with van der Waals surface area (Å²) in [5.41, 5.74) is -0.297. The molecule has 39 heavy (non-hydrogen) atoms. The highest BCUT2D eigenvalue weighted by Crippen LogP contribution is 2.45. The molecule has 3 aromatic carbocycles. The van der Waals surface area contributed by atoms with Crippen molar-refractivity contribution in [3.05, 3.63) is 42.5 Å². The molecule has 0 aliphatic rings. The number of hydrogen-bond acceptors (Lipinski definition) is 17. The van der Waals surface area contributed by atoms with E-state index in [4.69, 9.17) is 15.1 Å². The van der Waals surface area contributed by atoms with E-state index in [1.165, 1.54) is 18.2 Å². The number of nitrogens with zero attached hydrogens (tertiary/aromatic N) is 2. The van der Waals surface area contributed by atoms with E-state index in [-0.39, 0.29) is 16.3 Å². The average molecular weight is 628 g/mol. The van der Waals surface area contributed by atoms with Gasteiger partial charge in [-0.15, -0.1) is 18.9 Å². The minimum absolute atomic E-state index is 0.0293. The number of phenolic OH excluding ortho intramolecular Hbond substituents is 2. The van der Waals surface area contributed by atoms with E-state index in [2.05, 4.69) is 33.2 Å². The fraction of sp³-hybridized carbons (Fsp3) is 0.111. The van der Waals surface area contributed by atoms with Gasteiger partial charge in [0.05, 0.1) is 40.5 Å². The molecule has 3 aromatic rings.